The van der Waals surface area contributed by atoms with Gasteiger partial charge in [0.15, 0.2) is 0 Å². The summed E-state index contributed by atoms with van der Waals surface area (Å²) >= 11 is 0. The molecule has 2 unspecified atom stereocenters. The minimum Gasteiger partial charge on any atom is -0.497 e. The van der Waals surface area contributed by atoms with Crippen molar-refractivity contribution in [1.82, 2.24) is 10.2 Å². The van der Waals surface area contributed by atoms with Gasteiger partial charge < -0.3 is 15.0 Å². The van der Waals surface area contributed by atoms with E-state index >= 15 is 0 Å². The maximum Gasteiger partial charge on any atom is 0.256 e. The van der Waals surface area contributed by atoms with E-state index in [2.05, 4.69) is 5.32 Å². The van der Waals surface area contributed by atoms with Gasteiger partial charge in [0, 0.05) is 25.2 Å². The normalized spacial score (nSPS) is 24.2. The first-order chi connectivity index (χ1) is 9.69. The van der Waals surface area contributed by atoms with Crippen LogP contribution in [0.4, 0.5) is 4.39 Å². The van der Waals surface area contributed by atoms with Gasteiger partial charge in [0.2, 0.25) is 0 Å². The lowest BCUT2D eigenvalue weighted by atomic mass is 9.93. The second kappa shape index (κ2) is 6.62. The van der Waals surface area contributed by atoms with E-state index in [9.17, 15) is 9.18 Å². The molecule has 1 aromatic carbocycles. The second-order valence-electron chi connectivity index (χ2n) is 5.49. The Kier molecular flexibility index (Phi) is 5.06. The minimum absolute atomic E-state index is 0. The zero-order valence-corrected chi connectivity index (χ0v) is 12.8. The van der Waals surface area contributed by atoms with Gasteiger partial charge in [-0.1, -0.05) is 0 Å². The third kappa shape index (κ3) is 3.14. The van der Waals surface area contributed by atoms with Crippen molar-refractivity contribution in [2.24, 2.45) is 5.92 Å². The fourth-order valence-corrected chi connectivity index (χ4v) is 3.20. The van der Waals surface area contributed by atoms with Crippen LogP contribution in [-0.4, -0.2) is 43.6 Å². The van der Waals surface area contributed by atoms with E-state index in [4.69, 9.17) is 4.74 Å². The van der Waals surface area contributed by atoms with Crippen LogP contribution in [0.25, 0.3) is 0 Å². The van der Waals surface area contributed by atoms with Crippen molar-refractivity contribution < 1.29 is 13.9 Å². The van der Waals surface area contributed by atoms with E-state index < -0.39 is 5.82 Å². The number of piperidine rings is 1. The van der Waals surface area contributed by atoms with Crippen LogP contribution in [0.2, 0.25) is 0 Å². The Bertz CT molecular complexity index is 526. The molecule has 0 bridgehead atoms. The van der Waals surface area contributed by atoms with Crippen molar-refractivity contribution in [3.8, 4) is 5.75 Å². The van der Waals surface area contributed by atoms with Gasteiger partial charge in [-0.25, -0.2) is 4.39 Å². The Morgan fingerprint density at radius 1 is 1.43 bits per heavy atom. The summed E-state index contributed by atoms with van der Waals surface area (Å²) in [6.07, 6.45) is 2.05. The minimum atomic E-state index is -0.513. The number of benzene rings is 1. The maximum atomic E-state index is 14.0. The van der Waals surface area contributed by atoms with Gasteiger partial charge in [-0.15, -0.1) is 12.4 Å². The van der Waals surface area contributed by atoms with Gasteiger partial charge in [-0.05, 0) is 37.4 Å². The molecule has 1 N–H and O–H groups in total. The number of nitrogens with zero attached hydrogens (tertiary/aromatic N) is 1. The smallest absolute Gasteiger partial charge is 0.256 e. The Labute approximate surface area is 130 Å². The fourth-order valence-electron chi connectivity index (χ4n) is 3.20. The molecule has 2 fully saturated rings. The van der Waals surface area contributed by atoms with E-state index in [-0.39, 0.29) is 23.9 Å². The van der Waals surface area contributed by atoms with Crippen LogP contribution < -0.4 is 10.1 Å². The van der Waals surface area contributed by atoms with Crippen LogP contribution >= 0.6 is 12.4 Å². The van der Waals surface area contributed by atoms with Crippen LogP contribution in [0.1, 0.15) is 23.2 Å². The summed E-state index contributed by atoms with van der Waals surface area (Å²) in [5.41, 5.74) is 0.134. The number of amides is 1. The highest BCUT2D eigenvalue weighted by molar-refractivity contribution is 5.94. The van der Waals surface area contributed by atoms with Crippen LogP contribution in [0.15, 0.2) is 18.2 Å². The molecule has 0 radical (unpaired) electrons. The highest BCUT2D eigenvalue weighted by atomic mass is 35.5. The molecule has 0 aromatic heterocycles. The summed E-state index contributed by atoms with van der Waals surface area (Å²) in [6, 6.07) is 4.92. The molecule has 116 valence electrons. The average Bonchev–Trinajstić information content (AvgIpc) is 2.93. The van der Waals surface area contributed by atoms with Crippen molar-refractivity contribution in [1.29, 1.82) is 0 Å². The van der Waals surface area contributed by atoms with Crippen molar-refractivity contribution >= 4 is 18.3 Å². The van der Waals surface area contributed by atoms with E-state index in [1.165, 1.54) is 19.2 Å². The zero-order chi connectivity index (χ0) is 14.1. The van der Waals surface area contributed by atoms with Gasteiger partial charge in [-0.2, -0.15) is 0 Å². The van der Waals surface area contributed by atoms with Crippen molar-refractivity contribution in [2.75, 3.05) is 26.7 Å². The first-order valence-corrected chi connectivity index (χ1v) is 7.05. The molecular weight excluding hydrogens is 295 g/mol. The molecule has 2 aliphatic rings. The number of likely N-dealkylation sites (tertiary alicyclic amines) is 1. The fraction of sp³-hybridized carbons (Fsp3) is 0.533. The molecule has 6 heteroatoms. The van der Waals surface area contributed by atoms with E-state index in [0.717, 1.165) is 25.9 Å². The zero-order valence-electron chi connectivity index (χ0n) is 12.0. The molecule has 2 heterocycles. The first kappa shape index (κ1) is 16.0. The Balaban J connectivity index is 0.00000161. The standard InChI is InChI=1S/C15H19FN2O2.ClH/c1-20-11-2-3-12(13(16)8-11)15(19)18-7-5-14-10(9-18)4-6-17-14;/h2-3,8,10,14,17H,4-7,9H2,1H3;1H. The number of fused-ring (bicyclic) bond motifs is 1. The quantitative estimate of drug-likeness (QED) is 0.909. The van der Waals surface area contributed by atoms with Crippen LogP contribution in [0.3, 0.4) is 0 Å². The number of rotatable bonds is 2. The van der Waals surface area contributed by atoms with Crippen molar-refractivity contribution in [3.63, 3.8) is 0 Å². The van der Waals surface area contributed by atoms with Gasteiger partial charge >= 0.3 is 0 Å². The summed E-state index contributed by atoms with van der Waals surface area (Å²) in [4.78, 5) is 14.2. The third-order valence-corrected chi connectivity index (χ3v) is 4.35. The summed E-state index contributed by atoms with van der Waals surface area (Å²) < 4.78 is 18.9. The summed E-state index contributed by atoms with van der Waals surface area (Å²) in [6.45, 7) is 2.44. The Morgan fingerprint density at radius 3 is 2.95 bits per heavy atom. The maximum absolute atomic E-state index is 14.0. The monoisotopic (exact) mass is 314 g/mol. The predicted octanol–water partition coefficient (Wildman–Crippen LogP) is 2.08. The number of hydrogen-bond donors (Lipinski definition) is 1. The van der Waals surface area contributed by atoms with Gasteiger partial charge in [0.05, 0.1) is 12.7 Å². The number of halogens is 2. The number of hydrogen-bond acceptors (Lipinski definition) is 3. The molecule has 4 nitrogen and oxygen atoms in total. The lowest BCUT2D eigenvalue weighted by Gasteiger charge is -2.35. The molecule has 0 spiro atoms. The van der Waals surface area contributed by atoms with Crippen LogP contribution in [0.5, 0.6) is 5.75 Å². The molecule has 0 aliphatic carbocycles. The van der Waals surface area contributed by atoms with Crippen LogP contribution in [-0.2, 0) is 0 Å². The van der Waals surface area contributed by atoms with Gasteiger partial charge in [0.25, 0.3) is 5.91 Å². The molecule has 3 rings (SSSR count). The SMILES string of the molecule is COc1ccc(C(=O)N2CCC3NCCC3C2)c(F)c1.Cl. The molecule has 1 aromatic rings. The molecule has 1 amide bonds. The number of nitrogens with one attached hydrogen (secondary N) is 1. The van der Waals surface area contributed by atoms with Gasteiger partial charge in [-0.3, -0.25) is 4.79 Å². The topological polar surface area (TPSA) is 41.6 Å². The largest absolute Gasteiger partial charge is 0.497 e. The lowest BCUT2D eigenvalue weighted by molar-refractivity contribution is 0.0657. The molecule has 0 saturated carbocycles. The molecule has 21 heavy (non-hydrogen) atoms. The lowest BCUT2D eigenvalue weighted by Crippen LogP contribution is -2.47. The number of carbonyl (C=O) groups excluding carboxylic acids is 1. The van der Waals surface area contributed by atoms with E-state index in [0.29, 0.717) is 24.3 Å². The summed E-state index contributed by atoms with van der Waals surface area (Å²) in [5, 5.41) is 3.46. The molecule has 2 saturated heterocycles. The van der Waals surface area contributed by atoms with Crippen LogP contribution in [0, 0.1) is 11.7 Å². The highest BCUT2D eigenvalue weighted by Crippen LogP contribution is 2.26. The Hall–Kier alpha value is -1.33. The highest BCUT2D eigenvalue weighted by Gasteiger charge is 2.35. The van der Waals surface area contributed by atoms with E-state index in [1.807, 2.05) is 0 Å². The average molecular weight is 315 g/mol. The summed E-state index contributed by atoms with van der Waals surface area (Å²) in [7, 11) is 1.48. The number of methoxy groups -OCH3 is 1. The number of ether oxygens (including phenoxy) is 1. The molecule has 2 atom stereocenters. The third-order valence-electron chi connectivity index (χ3n) is 4.35. The molecule has 2 aliphatic heterocycles. The summed E-state index contributed by atoms with van der Waals surface area (Å²) in [5.74, 6) is 0.211. The second-order valence-corrected chi connectivity index (χ2v) is 5.49. The Morgan fingerprint density at radius 2 is 2.24 bits per heavy atom. The van der Waals surface area contributed by atoms with Crippen molar-refractivity contribution in [2.45, 2.75) is 18.9 Å². The van der Waals surface area contributed by atoms with Crippen molar-refractivity contribution in [3.05, 3.63) is 29.6 Å². The first-order valence-electron chi connectivity index (χ1n) is 7.05. The predicted molar refractivity (Wildman–Crippen MR) is 80.6 cm³/mol. The number of carbonyl (C=O) groups is 1. The molecular formula is C15H20ClFN2O2. The van der Waals surface area contributed by atoms with Gasteiger partial charge in [0.1, 0.15) is 11.6 Å². The van der Waals surface area contributed by atoms with E-state index in [1.54, 1.807) is 11.0 Å².